The molecule has 2 aromatic heterocycles. The highest BCUT2D eigenvalue weighted by Gasteiger charge is 2.33. The van der Waals surface area contributed by atoms with Crippen molar-refractivity contribution in [2.45, 2.75) is 18.9 Å². The third-order valence-electron chi connectivity index (χ3n) is 4.85. The lowest BCUT2D eigenvalue weighted by Gasteiger charge is -2.22. The number of carbonyl (C=O) groups is 1. The Kier molecular flexibility index (Phi) is 4.22. The van der Waals surface area contributed by atoms with E-state index in [0.717, 1.165) is 40.5 Å². The fourth-order valence-corrected chi connectivity index (χ4v) is 5.45. The van der Waals surface area contributed by atoms with Crippen LogP contribution in [0.3, 0.4) is 0 Å². The van der Waals surface area contributed by atoms with Gasteiger partial charge >= 0.3 is 0 Å². The Balaban J connectivity index is 1.43. The Bertz CT molecular complexity index is 1070. The summed E-state index contributed by atoms with van der Waals surface area (Å²) in [5.41, 5.74) is 2.59. The Hall–Kier alpha value is -2.57. The second kappa shape index (κ2) is 6.87. The molecule has 0 N–H and O–H groups in total. The predicted molar refractivity (Wildman–Crippen MR) is 110 cm³/mol. The van der Waals surface area contributed by atoms with Crippen LogP contribution in [0.25, 0.3) is 20.8 Å². The first-order valence-electron chi connectivity index (χ1n) is 8.97. The lowest BCUT2D eigenvalue weighted by Crippen LogP contribution is -2.30. The van der Waals surface area contributed by atoms with E-state index in [1.165, 1.54) is 16.0 Å². The van der Waals surface area contributed by atoms with Crippen LogP contribution in [0.5, 0.6) is 0 Å². The summed E-state index contributed by atoms with van der Waals surface area (Å²) in [4.78, 5) is 24.5. The number of aromatic nitrogens is 2. The van der Waals surface area contributed by atoms with Gasteiger partial charge in [-0.3, -0.25) is 4.79 Å². The maximum absolute atomic E-state index is 13.1. The van der Waals surface area contributed by atoms with E-state index in [2.05, 4.69) is 11.1 Å². The van der Waals surface area contributed by atoms with Crippen LogP contribution in [0.1, 0.15) is 34.4 Å². The van der Waals surface area contributed by atoms with Crippen LogP contribution in [-0.2, 0) is 0 Å². The monoisotopic (exact) mass is 391 g/mol. The number of hydrogen-bond donors (Lipinski definition) is 0. The van der Waals surface area contributed by atoms with Crippen molar-refractivity contribution in [1.29, 1.82) is 0 Å². The molecule has 1 saturated heterocycles. The molecule has 1 unspecified atom stereocenters. The van der Waals surface area contributed by atoms with Gasteiger partial charge in [-0.15, -0.1) is 22.7 Å². The highest BCUT2D eigenvalue weighted by atomic mass is 32.1. The van der Waals surface area contributed by atoms with Gasteiger partial charge in [0.05, 0.1) is 16.3 Å². The average Bonchev–Trinajstić information content (AvgIpc) is 3.46. The van der Waals surface area contributed by atoms with E-state index in [-0.39, 0.29) is 11.9 Å². The van der Waals surface area contributed by atoms with E-state index in [0.29, 0.717) is 5.69 Å². The zero-order chi connectivity index (χ0) is 18.2. The number of nitrogens with zero attached hydrogens (tertiary/aromatic N) is 3. The second-order valence-corrected chi connectivity index (χ2v) is 8.50. The normalized spacial score (nSPS) is 16.9. The van der Waals surface area contributed by atoms with E-state index in [4.69, 9.17) is 4.98 Å². The molecule has 0 spiro atoms. The largest absolute Gasteiger partial charge is 0.328 e. The first-order valence-corrected chi connectivity index (χ1v) is 10.7. The molecule has 1 fully saturated rings. The van der Waals surface area contributed by atoms with Crippen molar-refractivity contribution in [2.75, 3.05) is 6.54 Å². The summed E-state index contributed by atoms with van der Waals surface area (Å²) in [5, 5.41) is 3.79. The minimum atomic E-state index is 0.00943. The van der Waals surface area contributed by atoms with Gasteiger partial charge in [0.2, 0.25) is 0 Å². The fourth-order valence-electron chi connectivity index (χ4n) is 3.53. The Labute approximate surface area is 165 Å². The standard InChI is InChI=1S/C21H17N3OS2/c25-21(16-13-26-19(23-16)14-7-2-1-3-8-14)24-12-6-10-17(24)20-22-15-9-4-5-11-18(15)27-20/h1-5,7-9,11,13,17H,6,10,12H2. The molecule has 0 saturated carbocycles. The Morgan fingerprint density at radius 3 is 2.70 bits per heavy atom. The lowest BCUT2D eigenvalue weighted by molar-refractivity contribution is 0.0730. The number of thiazole rings is 2. The van der Waals surface area contributed by atoms with Crippen LogP contribution in [0.2, 0.25) is 0 Å². The van der Waals surface area contributed by atoms with Crippen molar-refractivity contribution in [2.24, 2.45) is 0 Å². The van der Waals surface area contributed by atoms with Gasteiger partial charge in [-0.2, -0.15) is 0 Å². The molecule has 27 heavy (non-hydrogen) atoms. The summed E-state index contributed by atoms with van der Waals surface area (Å²) >= 11 is 3.21. The average molecular weight is 392 g/mol. The molecule has 1 aliphatic rings. The van der Waals surface area contributed by atoms with Crippen LogP contribution in [0.15, 0.2) is 60.0 Å². The fraction of sp³-hybridized carbons (Fsp3) is 0.190. The van der Waals surface area contributed by atoms with E-state index < -0.39 is 0 Å². The molecule has 4 aromatic rings. The van der Waals surface area contributed by atoms with Crippen molar-refractivity contribution in [3.05, 3.63) is 70.7 Å². The quantitative estimate of drug-likeness (QED) is 0.470. The number of fused-ring (bicyclic) bond motifs is 1. The van der Waals surface area contributed by atoms with E-state index in [1.54, 1.807) is 11.3 Å². The van der Waals surface area contributed by atoms with Crippen LogP contribution >= 0.6 is 22.7 Å². The lowest BCUT2D eigenvalue weighted by atomic mass is 10.2. The third-order valence-corrected chi connectivity index (χ3v) is 6.88. The molecular formula is C21H17N3OS2. The third kappa shape index (κ3) is 3.05. The van der Waals surface area contributed by atoms with Gasteiger partial charge in [-0.05, 0) is 25.0 Å². The molecule has 3 heterocycles. The van der Waals surface area contributed by atoms with Crippen molar-refractivity contribution >= 4 is 38.8 Å². The summed E-state index contributed by atoms with van der Waals surface area (Å²) in [6.07, 6.45) is 1.96. The second-order valence-electron chi connectivity index (χ2n) is 6.58. The highest BCUT2D eigenvalue weighted by molar-refractivity contribution is 7.18. The van der Waals surface area contributed by atoms with Gasteiger partial charge in [0.25, 0.3) is 5.91 Å². The number of carbonyl (C=O) groups excluding carboxylic acids is 1. The van der Waals surface area contributed by atoms with Crippen LogP contribution < -0.4 is 0 Å². The molecule has 134 valence electrons. The molecule has 1 amide bonds. The molecular weight excluding hydrogens is 374 g/mol. The molecule has 1 aliphatic heterocycles. The summed E-state index contributed by atoms with van der Waals surface area (Å²) in [7, 11) is 0. The van der Waals surface area contributed by atoms with Crippen LogP contribution in [-0.4, -0.2) is 27.3 Å². The highest BCUT2D eigenvalue weighted by Crippen LogP contribution is 2.37. The molecule has 4 nitrogen and oxygen atoms in total. The molecule has 6 heteroatoms. The van der Waals surface area contributed by atoms with Gasteiger partial charge < -0.3 is 4.90 Å². The SMILES string of the molecule is O=C(c1csc(-c2ccccc2)n1)N1CCCC1c1nc2ccccc2s1. The minimum absolute atomic E-state index is 0.00943. The van der Waals surface area contributed by atoms with Gasteiger partial charge in [-0.1, -0.05) is 42.5 Å². The number of likely N-dealkylation sites (tertiary alicyclic amines) is 1. The molecule has 0 aliphatic carbocycles. The van der Waals surface area contributed by atoms with Crippen LogP contribution in [0.4, 0.5) is 0 Å². The minimum Gasteiger partial charge on any atom is -0.328 e. The predicted octanol–water partition coefficient (Wildman–Crippen LogP) is 5.40. The summed E-state index contributed by atoms with van der Waals surface area (Å²) in [5.74, 6) is 0.00943. The smallest absolute Gasteiger partial charge is 0.273 e. The molecule has 2 aromatic carbocycles. The topological polar surface area (TPSA) is 46.1 Å². The maximum atomic E-state index is 13.1. The van der Waals surface area contributed by atoms with E-state index >= 15 is 0 Å². The van der Waals surface area contributed by atoms with Crippen molar-refractivity contribution in [1.82, 2.24) is 14.9 Å². The van der Waals surface area contributed by atoms with Gasteiger partial charge in [0.15, 0.2) is 0 Å². The van der Waals surface area contributed by atoms with E-state index in [9.17, 15) is 4.79 Å². The molecule has 0 radical (unpaired) electrons. The number of para-hydroxylation sites is 1. The zero-order valence-electron chi connectivity index (χ0n) is 14.5. The first kappa shape index (κ1) is 16.6. The summed E-state index contributed by atoms with van der Waals surface area (Å²) < 4.78 is 1.17. The zero-order valence-corrected chi connectivity index (χ0v) is 16.2. The Morgan fingerprint density at radius 2 is 1.85 bits per heavy atom. The molecule has 1 atom stereocenters. The number of rotatable bonds is 3. The molecule has 0 bridgehead atoms. The summed E-state index contributed by atoms with van der Waals surface area (Å²) in [6.45, 7) is 0.762. The first-order chi connectivity index (χ1) is 13.3. The summed E-state index contributed by atoms with van der Waals surface area (Å²) in [6, 6.07) is 18.2. The van der Waals surface area contributed by atoms with E-state index in [1.807, 2.05) is 58.8 Å². The van der Waals surface area contributed by atoms with Gasteiger partial charge in [-0.25, -0.2) is 9.97 Å². The van der Waals surface area contributed by atoms with Crippen molar-refractivity contribution in [3.8, 4) is 10.6 Å². The van der Waals surface area contributed by atoms with Gasteiger partial charge in [0.1, 0.15) is 15.7 Å². The van der Waals surface area contributed by atoms with Gasteiger partial charge in [0, 0.05) is 17.5 Å². The number of hydrogen-bond acceptors (Lipinski definition) is 5. The number of amides is 1. The van der Waals surface area contributed by atoms with Crippen molar-refractivity contribution < 1.29 is 4.79 Å². The Morgan fingerprint density at radius 1 is 1.04 bits per heavy atom. The maximum Gasteiger partial charge on any atom is 0.273 e. The number of benzene rings is 2. The molecule has 5 rings (SSSR count). The van der Waals surface area contributed by atoms with Crippen molar-refractivity contribution in [3.63, 3.8) is 0 Å². The van der Waals surface area contributed by atoms with Crippen LogP contribution in [0, 0.1) is 0 Å².